The Morgan fingerprint density at radius 2 is 1.74 bits per heavy atom. The zero-order chi connectivity index (χ0) is 21.4. The molecule has 0 spiro atoms. The Morgan fingerprint density at radius 3 is 2.42 bits per heavy atom. The van der Waals surface area contributed by atoms with E-state index in [2.05, 4.69) is 22.4 Å². The van der Waals surface area contributed by atoms with Crippen LogP contribution in [-0.4, -0.2) is 28.8 Å². The van der Waals surface area contributed by atoms with Gasteiger partial charge >= 0.3 is 12.1 Å². The third-order valence-electron chi connectivity index (χ3n) is 6.39. The number of nitrogens with one attached hydrogen (secondary N) is 1. The second kappa shape index (κ2) is 7.54. The summed E-state index contributed by atoms with van der Waals surface area (Å²) in [7, 11) is 0. The number of ether oxygens (including phenoxy) is 1. The van der Waals surface area contributed by atoms with Gasteiger partial charge in [-0.05, 0) is 58.7 Å². The molecule has 156 valence electrons. The largest absolute Gasteiger partial charge is 0.479 e. The summed E-state index contributed by atoms with van der Waals surface area (Å²) in [5.74, 6) is -1.17. The summed E-state index contributed by atoms with van der Waals surface area (Å²) in [6.45, 7) is 0.138. The Hall–Kier alpha value is -3.67. The number of nitrogens with zero attached hydrogens (tertiary/aromatic N) is 1. The van der Waals surface area contributed by atoms with E-state index in [-0.39, 0.29) is 12.5 Å². The maximum Gasteiger partial charge on any atom is 0.408 e. The molecule has 2 N–H and O–H groups in total. The molecular weight excluding hydrogens is 392 g/mol. The van der Waals surface area contributed by atoms with Crippen molar-refractivity contribution in [3.8, 4) is 11.1 Å². The van der Waals surface area contributed by atoms with Gasteiger partial charge in [-0.2, -0.15) is 0 Å². The normalized spacial score (nSPS) is 19.1. The molecule has 1 heterocycles. The molecule has 6 nitrogen and oxygen atoms in total. The smallest absolute Gasteiger partial charge is 0.408 e. The number of hydrogen-bond acceptors (Lipinski definition) is 4. The molecule has 31 heavy (non-hydrogen) atoms. The number of hydrogen-bond donors (Lipinski definition) is 2. The van der Waals surface area contributed by atoms with Gasteiger partial charge in [-0.3, -0.25) is 4.98 Å². The summed E-state index contributed by atoms with van der Waals surface area (Å²) >= 11 is 0. The molecule has 3 aromatic rings. The topological polar surface area (TPSA) is 88.5 Å². The molecule has 2 aromatic carbocycles. The molecular formula is C25H22N2O4. The second-order valence-electron chi connectivity index (χ2n) is 8.05. The number of carboxylic acid groups (broad SMARTS) is 1. The Balaban J connectivity index is 1.38. The summed E-state index contributed by atoms with van der Waals surface area (Å²) in [4.78, 5) is 29.2. The summed E-state index contributed by atoms with van der Waals surface area (Å²) in [6.07, 6.45) is 4.20. The number of carboxylic acids is 1. The zero-order valence-electron chi connectivity index (χ0n) is 16.9. The molecule has 2 aliphatic rings. The molecule has 1 amide bonds. The minimum Gasteiger partial charge on any atom is -0.479 e. The fourth-order valence-electron chi connectivity index (χ4n) is 4.94. The van der Waals surface area contributed by atoms with E-state index in [4.69, 9.17) is 4.74 Å². The number of amides is 1. The van der Waals surface area contributed by atoms with Crippen LogP contribution in [0.25, 0.3) is 11.1 Å². The Labute approximate surface area is 179 Å². The second-order valence-corrected chi connectivity index (χ2v) is 8.05. The number of benzene rings is 2. The van der Waals surface area contributed by atoms with Crippen LogP contribution in [0.2, 0.25) is 0 Å². The fraction of sp³-hybridized carbons (Fsp3) is 0.240. The number of carbonyl (C=O) groups excluding carboxylic acids is 1. The van der Waals surface area contributed by atoms with E-state index in [1.54, 1.807) is 18.5 Å². The van der Waals surface area contributed by atoms with Gasteiger partial charge in [0.1, 0.15) is 6.61 Å². The van der Waals surface area contributed by atoms with Gasteiger partial charge < -0.3 is 15.2 Å². The number of aryl methyl sites for hydroxylation is 1. The van der Waals surface area contributed by atoms with E-state index in [0.29, 0.717) is 18.4 Å². The lowest BCUT2D eigenvalue weighted by Gasteiger charge is -2.35. The Morgan fingerprint density at radius 1 is 1.06 bits per heavy atom. The van der Waals surface area contributed by atoms with Crippen LogP contribution in [0.3, 0.4) is 0 Å². The number of alkyl carbamates (subject to hydrolysis) is 1. The molecule has 1 unspecified atom stereocenters. The van der Waals surface area contributed by atoms with Crippen LogP contribution in [0, 0.1) is 0 Å². The summed E-state index contributed by atoms with van der Waals surface area (Å²) in [6, 6.07) is 17.9. The maximum atomic E-state index is 12.8. The molecule has 0 radical (unpaired) electrons. The van der Waals surface area contributed by atoms with E-state index in [9.17, 15) is 14.7 Å². The van der Waals surface area contributed by atoms with Crippen LogP contribution >= 0.6 is 0 Å². The van der Waals surface area contributed by atoms with E-state index >= 15 is 0 Å². The SMILES string of the molecule is O=C(NC1(C(=O)O)CCCc2cnccc21)OCC1c2ccccc2-c2ccccc21. The van der Waals surface area contributed by atoms with E-state index in [1.165, 1.54) is 0 Å². The van der Waals surface area contributed by atoms with Gasteiger partial charge in [0, 0.05) is 18.3 Å². The standard InChI is InChI=1S/C25H22N2O4/c28-23(29)25(12-5-6-16-14-26-13-11-22(16)25)27-24(30)31-15-21-19-9-3-1-7-17(19)18-8-2-4-10-20(18)21/h1-4,7-11,13-14,21H,5-6,12,15H2,(H,27,30)(H,28,29). The monoisotopic (exact) mass is 414 g/mol. The van der Waals surface area contributed by atoms with Crippen LogP contribution in [-0.2, 0) is 21.5 Å². The van der Waals surface area contributed by atoms with Crippen LogP contribution in [0.1, 0.15) is 41.0 Å². The minimum atomic E-state index is -1.50. The quantitative estimate of drug-likeness (QED) is 0.667. The molecule has 0 saturated carbocycles. The third-order valence-corrected chi connectivity index (χ3v) is 6.39. The highest BCUT2D eigenvalue weighted by Gasteiger charge is 2.45. The van der Waals surface area contributed by atoms with Crippen molar-refractivity contribution in [3.05, 3.63) is 89.2 Å². The number of pyridine rings is 1. The lowest BCUT2D eigenvalue weighted by atomic mass is 9.77. The van der Waals surface area contributed by atoms with Crippen LogP contribution < -0.4 is 5.32 Å². The van der Waals surface area contributed by atoms with Gasteiger partial charge in [0.15, 0.2) is 5.54 Å². The number of aliphatic carboxylic acids is 1. The highest BCUT2D eigenvalue weighted by molar-refractivity contribution is 5.87. The third kappa shape index (κ3) is 3.15. The van der Waals surface area contributed by atoms with E-state index in [0.717, 1.165) is 34.2 Å². The van der Waals surface area contributed by atoms with Crippen molar-refractivity contribution in [2.75, 3.05) is 6.61 Å². The molecule has 0 saturated heterocycles. The molecule has 0 bridgehead atoms. The van der Waals surface area contributed by atoms with Crippen molar-refractivity contribution in [2.24, 2.45) is 0 Å². The average Bonchev–Trinajstić information content (AvgIpc) is 3.11. The van der Waals surface area contributed by atoms with Crippen molar-refractivity contribution in [1.82, 2.24) is 10.3 Å². The molecule has 5 rings (SSSR count). The van der Waals surface area contributed by atoms with Gasteiger partial charge in [-0.25, -0.2) is 9.59 Å². The first-order valence-electron chi connectivity index (χ1n) is 10.4. The Bertz CT molecular complexity index is 1130. The van der Waals surface area contributed by atoms with E-state index in [1.807, 2.05) is 36.4 Å². The number of rotatable bonds is 4. The number of aromatic nitrogens is 1. The highest BCUT2D eigenvalue weighted by atomic mass is 16.5. The lowest BCUT2D eigenvalue weighted by Crippen LogP contribution is -2.54. The average molecular weight is 414 g/mol. The van der Waals surface area contributed by atoms with Gasteiger partial charge in [-0.1, -0.05) is 48.5 Å². The van der Waals surface area contributed by atoms with Crippen LogP contribution in [0.5, 0.6) is 0 Å². The first-order chi connectivity index (χ1) is 15.1. The molecule has 1 aromatic heterocycles. The van der Waals surface area contributed by atoms with Gasteiger partial charge in [0.05, 0.1) is 0 Å². The zero-order valence-corrected chi connectivity index (χ0v) is 16.9. The first-order valence-corrected chi connectivity index (χ1v) is 10.4. The van der Waals surface area contributed by atoms with Gasteiger partial charge in [-0.15, -0.1) is 0 Å². The van der Waals surface area contributed by atoms with Gasteiger partial charge in [0.25, 0.3) is 0 Å². The molecule has 6 heteroatoms. The van der Waals surface area contributed by atoms with Crippen molar-refractivity contribution in [3.63, 3.8) is 0 Å². The summed E-state index contributed by atoms with van der Waals surface area (Å²) in [5, 5.41) is 12.7. The van der Waals surface area contributed by atoms with Crippen molar-refractivity contribution in [1.29, 1.82) is 0 Å². The predicted octanol–water partition coefficient (Wildman–Crippen LogP) is 4.24. The number of fused-ring (bicyclic) bond motifs is 4. The number of carbonyl (C=O) groups is 2. The molecule has 0 aliphatic heterocycles. The predicted molar refractivity (Wildman–Crippen MR) is 115 cm³/mol. The Kier molecular flexibility index (Phi) is 4.70. The van der Waals surface area contributed by atoms with Crippen molar-refractivity contribution in [2.45, 2.75) is 30.7 Å². The summed E-state index contributed by atoms with van der Waals surface area (Å²) < 4.78 is 5.60. The lowest BCUT2D eigenvalue weighted by molar-refractivity contribution is -0.145. The van der Waals surface area contributed by atoms with Gasteiger partial charge in [0.2, 0.25) is 0 Å². The summed E-state index contributed by atoms with van der Waals surface area (Å²) in [5.41, 5.74) is 4.42. The molecule has 1 atom stereocenters. The van der Waals surface area contributed by atoms with Crippen LogP contribution in [0.4, 0.5) is 4.79 Å². The first kappa shape index (κ1) is 19.3. The van der Waals surface area contributed by atoms with E-state index < -0.39 is 17.6 Å². The van der Waals surface area contributed by atoms with Crippen molar-refractivity contribution >= 4 is 12.1 Å². The van der Waals surface area contributed by atoms with Crippen molar-refractivity contribution < 1.29 is 19.4 Å². The van der Waals surface area contributed by atoms with Crippen LogP contribution in [0.15, 0.2) is 67.0 Å². The maximum absolute atomic E-state index is 12.8. The molecule has 0 fully saturated rings. The fourth-order valence-corrected chi connectivity index (χ4v) is 4.94. The highest BCUT2D eigenvalue weighted by Crippen LogP contribution is 2.44. The minimum absolute atomic E-state index is 0.0817. The molecule has 2 aliphatic carbocycles.